The van der Waals surface area contributed by atoms with Gasteiger partial charge in [0.2, 0.25) is 0 Å². The molecular formula is C12H16ClFO. The Morgan fingerprint density at radius 3 is 2.67 bits per heavy atom. The Hall–Kier alpha value is -0.600. The second kappa shape index (κ2) is 5.47. The summed E-state index contributed by atoms with van der Waals surface area (Å²) in [5.41, 5.74) is 0.595. The first-order valence-corrected chi connectivity index (χ1v) is 5.57. The van der Waals surface area contributed by atoms with Gasteiger partial charge in [0.15, 0.2) is 0 Å². The Balaban J connectivity index is 2.81. The number of aliphatic hydroxyl groups excluding tert-OH is 1. The summed E-state index contributed by atoms with van der Waals surface area (Å²) in [7, 11) is 0. The topological polar surface area (TPSA) is 20.2 Å². The molecule has 0 amide bonds. The summed E-state index contributed by atoms with van der Waals surface area (Å²) in [4.78, 5) is 0. The van der Waals surface area contributed by atoms with Crippen LogP contribution < -0.4 is 0 Å². The maximum atomic E-state index is 13.1. The van der Waals surface area contributed by atoms with Crippen LogP contribution in [0, 0.1) is 11.7 Å². The van der Waals surface area contributed by atoms with E-state index in [1.807, 2.05) is 6.92 Å². The van der Waals surface area contributed by atoms with Gasteiger partial charge in [0.05, 0.1) is 11.1 Å². The first-order chi connectivity index (χ1) is 7.06. The van der Waals surface area contributed by atoms with Gasteiger partial charge in [-0.3, -0.25) is 0 Å². The van der Waals surface area contributed by atoms with Crippen molar-refractivity contribution in [1.82, 2.24) is 0 Å². The highest BCUT2D eigenvalue weighted by atomic mass is 35.5. The van der Waals surface area contributed by atoms with Crippen LogP contribution in [-0.2, 0) is 0 Å². The monoisotopic (exact) mass is 230 g/mol. The minimum atomic E-state index is -0.614. The molecule has 1 nitrogen and oxygen atoms in total. The van der Waals surface area contributed by atoms with Crippen LogP contribution in [0.2, 0.25) is 5.02 Å². The molecule has 0 saturated heterocycles. The number of hydrogen-bond donors (Lipinski definition) is 1. The molecule has 0 saturated carbocycles. The van der Waals surface area contributed by atoms with E-state index >= 15 is 0 Å². The fourth-order valence-electron chi connectivity index (χ4n) is 1.64. The van der Waals surface area contributed by atoms with Crippen LogP contribution in [0.3, 0.4) is 0 Å². The van der Waals surface area contributed by atoms with Crippen LogP contribution in [0.4, 0.5) is 4.39 Å². The van der Waals surface area contributed by atoms with E-state index in [9.17, 15) is 9.50 Å². The lowest BCUT2D eigenvalue weighted by atomic mass is 9.94. The molecule has 0 aliphatic heterocycles. The van der Waals surface area contributed by atoms with Gasteiger partial charge in [-0.2, -0.15) is 0 Å². The SMILES string of the molecule is CCCC(C)C(O)c1ccc(Cl)c(F)c1. The summed E-state index contributed by atoms with van der Waals surface area (Å²) in [6.07, 6.45) is 1.32. The van der Waals surface area contributed by atoms with E-state index in [1.165, 1.54) is 12.1 Å². The summed E-state index contributed by atoms with van der Waals surface area (Å²) in [6, 6.07) is 4.45. The van der Waals surface area contributed by atoms with Crippen molar-refractivity contribution in [1.29, 1.82) is 0 Å². The van der Waals surface area contributed by atoms with Gasteiger partial charge < -0.3 is 5.11 Å². The van der Waals surface area contributed by atoms with E-state index in [0.29, 0.717) is 5.56 Å². The third-order valence-corrected chi connectivity index (χ3v) is 2.87. The zero-order chi connectivity index (χ0) is 11.4. The van der Waals surface area contributed by atoms with Gasteiger partial charge in [-0.15, -0.1) is 0 Å². The molecule has 0 spiro atoms. The summed E-state index contributed by atoms with van der Waals surface area (Å²) in [6.45, 7) is 4.02. The minimum Gasteiger partial charge on any atom is -0.388 e. The smallest absolute Gasteiger partial charge is 0.142 e. The van der Waals surface area contributed by atoms with E-state index in [0.717, 1.165) is 12.8 Å². The Morgan fingerprint density at radius 2 is 2.13 bits per heavy atom. The van der Waals surface area contributed by atoms with Crippen LogP contribution in [0.25, 0.3) is 0 Å². The first-order valence-electron chi connectivity index (χ1n) is 5.19. The summed E-state index contributed by atoms with van der Waals surface area (Å²) < 4.78 is 13.1. The van der Waals surface area contributed by atoms with Crippen molar-refractivity contribution < 1.29 is 9.50 Å². The highest BCUT2D eigenvalue weighted by Crippen LogP contribution is 2.27. The van der Waals surface area contributed by atoms with Gasteiger partial charge >= 0.3 is 0 Å². The van der Waals surface area contributed by atoms with Crippen LogP contribution in [0.15, 0.2) is 18.2 Å². The molecule has 0 aliphatic carbocycles. The minimum absolute atomic E-state index is 0.0918. The number of rotatable bonds is 4. The molecule has 0 heterocycles. The molecule has 15 heavy (non-hydrogen) atoms. The van der Waals surface area contributed by atoms with Crippen LogP contribution in [0.5, 0.6) is 0 Å². The van der Waals surface area contributed by atoms with Crippen LogP contribution >= 0.6 is 11.6 Å². The van der Waals surface area contributed by atoms with E-state index in [2.05, 4.69) is 6.92 Å². The van der Waals surface area contributed by atoms with E-state index in [4.69, 9.17) is 11.6 Å². The van der Waals surface area contributed by atoms with E-state index < -0.39 is 11.9 Å². The normalized spacial score (nSPS) is 15.0. The van der Waals surface area contributed by atoms with Gasteiger partial charge in [-0.25, -0.2) is 4.39 Å². The average Bonchev–Trinajstić information content (AvgIpc) is 2.21. The van der Waals surface area contributed by atoms with Crippen molar-refractivity contribution in [2.75, 3.05) is 0 Å². The van der Waals surface area contributed by atoms with Crippen LogP contribution in [-0.4, -0.2) is 5.11 Å². The maximum Gasteiger partial charge on any atom is 0.142 e. The molecule has 3 heteroatoms. The molecule has 1 aromatic rings. The molecular weight excluding hydrogens is 215 g/mol. The highest BCUT2D eigenvalue weighted by Gasteiger charge is 2.16. The van der Waals surface area contributed by atoms with Gasteiger partial charge in [0, 0.05) is 0 Å². The fourth-order valence-corrected chi connectivity index (χ4v) is 1.76. The Bertz CT molecular complexity index is 327. The van der Waals surface area contributed by atoms with Gasteiger partial charge in [-0.1, -0.05) is 37.9 Å². The third kappa shape index (κ3) is 3.18. The first kappa shape index (κ1) is 12.5. The third-order valence-electron chi connectivity index (χ3n) is 2.57. The molecule has 0 aliphatic rings. The van der Waals surface area contributed by atoms with E-state index in [-0.39, 0.29) is 10.9 Å². The predicted molar refractivity (Wildman–Crippen MR) is 60.4 cm³/mol. The zero-order valence-corrected chi connectivity index (χ0v) is 9.76. The van der Waals surface area contributed by atoms with Crippen LogP contribution in [0.1, 0.15) is 38.4 Å². The summed E-state index contributed by atoms with van der Waals surface area (Å²) in [5, 5.41) is 10.0. The second-order valence-corrected chi connectivity index (χ2v) is 4.29. The fraction of sp³-hybridized carbons (Fsp3) is 0.500. The van der Waals surface area contributed by atoms with Crippen molar-refractivity contribution >= 4 is 11.6 Å². The number of aliphatic hydroxyl groups is 1. The summed E-state index contributed by atoms with van der Waals surface area (Å²) in [5.74, 6) is -0.340. The molecule has 1 aromatic carbocycles. The van der Waals surface area contributed by atoms with Crippen molar-refractivity contribution in [3.63, 3.8) is 0 Å². The molecule has 2 unspecified atom stereocenters. The maximum absolute atomic E-state index is 13.1. The van der Waals surface area contributed by atoms with Gasteiger partial charge in [0.1, 0.15) is 5.82 Å². The average molecular weight is 231 g/mol. The molecule has 0 bridgehead atoms. The zero-order valence-electron chi connectivity index (χ0n) is 9.00. The molecule has 0 radical (unpaired) electrons. The molecule has 2 atom stereocenters. The van der Waals surface area contributed by atoms with Crippen molar-refractivity contribution in [3.05, 3.63) is 34.6 Å². The van der Waals surface area contributed by atoms with Crippen molar-refractivity contribution in [2.24, 2.45) is 5.92 Å². The lowest BCUT2D eigenvalue weighted by Gasteiger charge is -2.18. The van der Waals surface area contributed by atoms with Gasteiger partial charge in [0.25, 0.3) is 0 Å². The largest absolute Gasteiger partial charge is 0.388 e. The highest BCUT2D eigenvalue weighted by molar-refractivity contribution is 6.30. The van der Waals surface area contributed by atoms with Crippen molar-refractivity contribution in [2.45, 2.75) is 32.8 Å². The lowest BCUT2D eigenvalue weighted by molar-refractivity contribution is 0.112. The summed E-state index contributed by atoms with van der Waals surface area (Å²) >= 11 is 5.57. The molecule has 0 aromatic heterocycles. The van der Waals surface area contributed by atoms with Crippen molar-refractivity contribution in [3.8, 4) is 0 Å². The molecule has 84 valence electrons. The molecule has 1 N–H and O–H groups in total. The lowest BCUT2D eigenvalue weighted by Crippen LogP contribution is -2.09. The number of benzene rings is 1. The van der Waals surface area contributed by atoms with E-state index in [1.54, 1.807) is 6.07 Å². The number of hydrogen-bond acceptors (Lipinski definition) is 1. The second-order valence-electron chi connectivity index (χ2n) is 3.88. The Morgan fingerprint density at radius 1 is 1.47 bits per heavy atom. The predicted octanol–water partition coefficient (Wildman–Crippen LogP) is 3.95. The quantitative estimate of drug-likeness (QED) is 0.831. The van der Waals surface area contributed by atoms with Gasteiger partial charge in [-0.05, 0) is 30.0 Å². The number of halogens is 2. The molecule has 1 rings (SSSR count). The Labute approximate surface area is 94.9 Å². The molecule has 0 fully saturated rings. The standard InChI is InChI=1S/C12H16ClFO/c1-3-4-8(2)12(15)9-5-6-10(13)11(14)7-9/h5-8,12,15H,3-4H2,1-2H3. The Kier molecular flexibility index (Phi) is 4.55.